The van der Waals surface area contributed by atoms with E-state index < -0.39 is 0 Å². The van der Waals surface area contributed by atoms with E-state index in [2.05, 4.69) is 34.9 Å². The highest BCUT2D eigenvalue weighted by atomic mass is 14.9. The van der Waals surface area contributed by atoms with Crippen LogP contribution in [0.3, 0.4) is 0 Å². The van der Waals surface area contributed by atoms with Crippen LogP contribution in [-0.4, -0.2) is 16.5 Å². The molecular formula is C13H17N3. The first-order chi connectivity index (χ1) is 7.85. The Kier molecular flexibility index (Phi) is 3.47. The summed E-state index contributed by atoms with van der Waals surface area (Å²) in [6.07, 6.45) is 7.82. The summed E-state index contributed by atoms with van der Waals surface area (Å²) in [5.41, 5.74) is 3.42. The quantitative estimate of drug-likeness (QED) is 0.785. The first-order valence-corrected chi connectivity index (χ1v) is 5.73. The zero-order chi connectivity index (χ0) is 11.4. The number of rotatable bonds is 3. The lowest BCUT2D eigenvalue weighted by Gasteiger charge is -2.16. The molecule has 3 heteroatoms. The van der Waals surface area contributed by atoms with Crippen LogP contribution < -0.4 is 5.32 Å². The fraction of sp³-hybridized carbons (Fsp3) is 0.385. The van der Waals surface area contributed by atoms with Gasteiger partial charge in [0.2, 0.25) is 0 Å². The molecule has 2 heterocycles. The molecule has 0 bridgehead atoms. The van der Waals surface area contributed by atoms with Gasteiger partial charge in [0, 0.05) is 36.8 Å². The molecule has 1 aliphatic heterocycles. The maximum absolute atomic E-state index is 4.61. The molecule has 0 saturated carbocycles. The van der Waals surface area contributed by atoms with Gasteiger partial charge in [0.25, 0.3) is 0 Å². The maximum atomic E-state index is 4.61. The molecule has 0 fully saturated rings. The van der Waals surface area contributed by atoms with Crippen LogP contribution in [0.1, 0.15) is 30.4 Å². The Hall–Kier alpha value is -1.48. The molecule has 0 unspecified atom stereocenters. The Bertz CT molecular complexity index is 421. The standard InChI is InChI=1S/C13H17N3/c1-3-5-10(4-2)13-15-9-11-8-14-7-6-12(11)16-13/h4-5,9,14H,2-3,6-8H2,1H3/b10-5+. The van der Waals surface area contributed by atoms with E-state index in [4.69, 9.17) is 0 Å². The van der Waals surface area contributed by atoms with E-state index in [0.29, 0.717) is 0 Å². The van der Waals surface area contributed by atoms with E-state index in [0.717, 1.165) is 37.3 Å². The second-order valence-corrected chi connectivity index (χ2v) is 3.86. The van der Waals surface area contributed by atoms with Crippen LogP contribution in [0.15, 0.2) is 24.9 Å². The van der Waals surface area contributed by atoms with Gasteiger partial charge in [-0.1, -0.05) is 25.7 Å². The molecule has 16 heavy (non-hydrogen) atoms. The summed E-state index contributed by atoms with van der Waals surface area (Å²) in [6.45, 7) is 7.80. The van der Waals surface area contributed by atoms with Crippen molar-refractivity contribution in [3.8, 4) is 0 Å². The van der Waals surface area contributed by atoms with Gasteiger partial charge in [-0.3, -0.25) is 0 Å². The van der Waals surface area contributed by atoms with Crippen molar-refractivity contribution in [3.05, 3.63) is 42.0 Å². The average Bonchev–Trinajstić information content (AvgIpc) is 2.35. The van der Waals surface area contributed by atoms with Crippen LogP contribution in [-0.2, 0) is 13.0 Å². The van der Waals surface area contributed by atoms with Crippen molar-refractivity contribution in [2.45, 2.75) is 26.3 Å². The van der Waals surface area contributed by atoms with Crippen molar-refractivity contribution in [2.75, 3.05) is 6.54 Å². The van der Waals surface area contributed by atoms with Crippen molar-refractivity contribution in [3.63, 3.8) is 0 Å². The largest absolute Gasteiger partial charge is 0.312 e. The lowest BCUT2D eigenvalue weighted by molar-refractivity contribution is 0.624. The molecule has 84 valence electrons. The molecule has 0 radical (unpaired) electrons. The summed E-state index contributed by atoms with van der Waals surface area (Å²) in [4.78, 5) is 9.00. The van der Waals surface area contributed by atoms with Crippen LogP contribution >= 0.6 is 0 Å². The third-order valence-electron chi connectivity index (χ3n) is 2.71. The maximum Gasteiger partial charge on any atom is 0.159 e. The monoisotopic (exact) mass is 215 g/mol. The second kappa shape index (κ2) is 5.03. The predicted octanol–water partition coefficient (Wildman–Crippen LogP) is 2.10. The normalized spacial score (nSPS) is 15.7. The molecule has 2 rings (SSSR count). The van der Waals surface area contributed by atoms with Gasteiger partial charge < -0.3 is 5.32 Å². The fourth-order valence-electron chi connectivity index (χ4n) is 1.86. The topological polar surface area (TPSA) is 37.8 Å². The molecule has 3 nitrogen and oxygen atoms in total. The van der Waals surface area contributed by atoms with E-state index >= 15 is 0 Å². The highest BCUT2D eigenvalue weighted by molar-refractivity contribution is 5.68. The van der Waals surface area contributed by atoms with Gasteiger partial charge in [-0.15, -0.1) is 0 Å². The Morgan fingerprint density at radius 2 is 2.50 bits per heavy atom. The number of hydrogen-bond acceptors (Lipinski definition) is 3. The molecule has 1 N–H and O–H groups in total. The zero-order valence-electron chi connectivity index (χ0n) is 9.66. The molecule has 0 aliphatic carbocycles. The summed E-state index contributed by atoms with van der Waals surface area (Å²) in [7, 11) is 0. The number of fused-ring (bicyclic) bond motifs is 1. The van der Waals surface area contributed by atoms with Crippen LogP contribution in [0.2, 0.25) is 0 Å². The highest BCUT2D eigenvalue weighted by Gasteiger charge is 2.12. The van der Waals surface area contributed by atoms with E-state index in [1.54, 1.807) is 0 Å². The minimum absolute atomic E-state index is 0.803. The van der Waals surface area contributed by atoms with Crippen molar-refractivity contribution in [2.24, 2.45) is 0 Å². The highest BCUT2D eigenvalue weighted by Crippen LogP contribution is 2.16. The smallest absolute Gasteiger partial charge is 0.159 e. The molecule has 0 atom stereocenters. The molecule has 0 saturated heterocycles. The summed E-state index contributed by atoms with van der Waals surface area (Å²) in [5.74, 6) is 0.803. The zero-order valence-corrected chi connectivity index (χ0v) is 9.66. The fourth-order valence-corrected chi connectivity index (χ4v) is 1.86. The molecule has 1 aliphatic rings. The minimum atomic E-state index is 0.803. The van der Waals surface area contributed by atoms with Gasteiger partial charge in [0.1, 0.15) is 0 Å². The Morgan fingerprint density at radius 1 is 1.62 bits per heavy atom. The molecule has 1 aromatic heterocycles. The molecule has 0 spiro atoms. The van der Waals surface area contributed by atoms with Crippen molar-refractivity contribution < 1.29 is 0 Å². The van der Waals surface area contributed by atoms with Gasteiger partial charge in [0.15, 0.2) is 5.82 Å². The van der Waals surface area contributed by atoms with Crippen LogP contribution in [0, 0.1) is 0 Å². The lowest BCUT2D eigenvalue weighted by atomic mass is 10.1. The van der Waals surface area contributed by atoms with Crippen molar-refractivity contribution in [1.82, 2.24) is 15.3 Å². The lowest BCUT2D eigenvalue weighted by Crippen LogP contribution is -2.25. The Balaban J connectivity index is 2.35. The van der Waals surface area contributed by atoms with E-state index in [1.807, 2.05) is 12.3 Å². The van der Waals surface area contributed by atoms with Gasteiger partial charge in [-0.25, -0.2) is 9.97 Å². The molecular weight excluding hydrogens is 198 g/mol. The van der Waals surface area contributed by atoms with Gasteiger partial charge >= 0.3 is 0 Å². The molecule has 0 amide bonds. The van der Waals surface area contributed by atoms with Crippen molar-refractivity contribution in [1.29, 1.82) is 0 Å². The van der Waals surface area contributed by atoms with E-state index in [9.17, 15) is 0 Å². The van der Waals surface area contributed by atoms with Gasteiger partial charge in [0.05, 0.1) is 5.69 Å². The summed E-state index contributed by atoms with van der Waals surface area (Å²) in [5, 5.41) is 3.31. The van der Waals surface area contributed by atoms with Gasteiger partial charge in [-0.05, 0) is 6.42 Å². The Labute approximate surface area is 96.3 Å². The SMILES string of the molecule is C=C/C(=C\CC)c1ncc2c(n1)CCNC2. The number of allylic oxidation sites excluding steroid dienone is 3. The molecule has 0 aromatic carbocycles. The van der Waals surface area contributed by atoms with E-state index in [-0.39, 0.29) is 0 Å². The molecule has 1 aromatic rings. The third kappa shape index (κ3) is 2.19. The summed E-state index contributed by atoms with van der Waals surface area (Å²) in [6, 6.07) is 0. The Morgan fingerprint density at radius 3 is 3.25 bits per heavy atom. The van der Waals surface area contributed by atoms with Crippen LogP contribution in [0.4, 0.5) is 0 Å². The minimum Gasteiger partial charge on any atom is -0.312 e. The van der Waals surface area contributed by atoms with Crippen LogP contribution in [0.5, 0.6) is 0 Å². The first kappa shape index (κ1) is 11.0. The van der Waals surface area contributed by atoms with Gasteiger partial charge in [-0.2, -0.15) is 0 Å². The summed E-state index contributed by atoms with van der Waals surface area (Å²) < 4.78 is 0. The summed E-state index contributed by atoms with van der Waals surface area (Å²) >= 11 is 0. The second-order valence-electron chi connectivity index (χ2n) is 3.86. The number of hydrogen-bond donors (Lipinski definition) is 1. The van der Waals surface area contributed by atoms with E-state index in [1.165, 1.54) is 11.3 Å². The van der Waals surface area contributed by atoms with Crippen LogP contribution in [0.25, 0.3) is 5.57 Å². The number of nitrogens with one attached hydrogen (secondary N) is 1. The predicted molar refractivity (Wildman–Crippen MR) is 65.9 cm³/mol. The van der Waals surface area contributed by atoms with Crippen molar-refractivity contribution >= 4 is 5.57 Å². The number of nitrogens with zero attached hydrogens (tertiary/aromatic N) is 2. The third-order valence-corrected chi connectivity index (χ3v) is 2.71. The first-order valence-electron chi connectivity index (χ1n) is 5.73. The average molecular weight is 215 g/mol. The number of aromatic nitrogens is 2.